The van der Waals surface area contributed by atoms with Crippen LogP contribution in [0.25, 0.3) is 22.3 Å². The minimum Gasteiger partial charge on any atom is -0.507 e. The Labute approximate surface area is 766 Å². The molecule has 23 atom stereocenters. The van der Waals surface area contributed by atoms with Gasteiger partial charge in [0.15, 0.2) is 29.4 Å². The van der Waals surface area contributed by atoms with Crippen molar-refractivity contribution < 1.29 is 143 Å². The molecule has 39 heteroatoms. The molecule has 21 N–H and O–H groups in total. The molecule has 7 aliphatic heterocycles. The molecule has 15 rings (SSSR count). The van der Waals surface area contributed by atoms with Crippen LogP contribution in [0.5, 0.6) is 46.0 Å². The second kappa shape index (κ2) is 42.3. The minimum absolute atomic E-state index is 0.0425. The third kappa shape index (κ3) is 22.0. The van der Waals surface area contributed by atoms with Gasteiger partial charge >= 0.3 is 0 Å². The van der Waals surface area contributed by atoms with E-state index in [9.17, 15) is 80.8 Å². The normalized spacial score (nSPS) is 29.0. The standard InChI is InChI=1S/C92H106Cl3N7O29/c1-6-43(23-40(2)3)85(120)100-72-61(108)28-50(31-69(96)110)86(121)99-71-49-29-65(127-63-19-14-47(74(72)111)26-57(63)94)82(131-91-83(80(117)78(115)68(38-104)130-91)126-52-24-41(4)84(119)92(5,34-52)98-35-42-7-9-44(10-8-42)45-11-16-51(93)17-12-45)66(30-49)128-64-20-15-48(27-58(64)95)75(112)73-88(123)102-89(125-39-105)55-33-60(107)56(36-97-21-22-124-90-81(118)79(116)77(114)67(37-103)129-90)76(113)70(55)54-25-46(13-18-59(54)106)53(32-62(71)109)87(122)101-73/h7-20,25-27,29-30,33,39-41,43,50,52-53,67-68,71-75,77-81,83-84,89-91,97-98,103-104,106-107,111-119H,6,21-24,28,31-32,34-38H2,1-5H3,(H2,96,110)(H,99,121)(H,100,120)(H,101,122)(H,102,123)/t41-,43-,50+,52-,53-,67?,68-,71-,72+,73+,74-,75-,77+,78?,79+,80?,81?,83-,84-,89-,90-,91+,92?/m1/s1. The van der Waals surface area contributed by atoms with Gasteiger partial charge in [-0.1, -0.05) is 117 Å². The van der Waals surface area contributed by atoms with Crippen LogP contribution in [0.1, 0.15) is 149 Å². The third-order valence-corrected chi connectivity index (χ3v) is 25.6. The van der Waals surface area contributed by atoms with Gasteiger partial charge in [-0.3, -0.25) is 38.4 Å². The summed E-state index contributed by atoms with van der Waals surface area (Å²) in [5.74, 6) is -18.0. The van der Waals surface area contributed by atoms with Gasteiger partial charge in [0.2, 0.25) is 47.8 Å². The van der Waals surface area contributed by atoms with Crippen molar-refractivity contribution in [1.82, 2.24) is 31.9 Å². The van der Waals surface area contributed by atoms with Crippen LogP contribution < -0.4 is 51.8 Å². The largest absolute Gasteiger partial charge is 0.507 e. The van der Waals surface area contributed by atoms with Crippen LogP contribution in [0.15, 0.2) is 121 Å². The number of hydrogen-bond donors (Lipinski definition) is 20. The zero-order valence-corrected chi connectivity index (χ0v) is 73.9. The fourth-order valence-electron chi connectivity index (χ4n) is 17.6. The SMILES string of the molecule is CC[C@H](CC(C)C)C(=O)N[C@H]1C(=O)C[C@@H](CC(N)=O)C(=O)N[C@H]2C(=O)C[C@H]3C(=O)N[C@H](C(=O)N[C@H](OC=O)c4cc(O)c(CNCCO[C@@H]5OC(CO)[C@H](O)[C@H](O)C5O)c(O)c4-c4cc3ccc4O)[C@H](O)c3ccc(c(Cl)c3)Oc3cc2cc(c3O[C@@H]2O[C@H](CO)C(O)C(O)[C@H]2O[C@@H]2C[C@@H](C)[C@@H](O)C(C)(NCc3ccc(-c4ccc(Cl)cc4)cc3)C2)Oc2ccc(cc2Cl)[C@H]1O. The topological polar surface area (TPSA) is 572 Å². The summed E-state index contributed by atoms with van der Waals surface area (Å²) in [5.41, 5.74) is 4.66. The number of benzene rings is 7. The molecule has 7 heterocycles. The smallest absolute Gasteiger partial charge is 0.295 e. The number of hydrogen-bond acceptors (Lipinski definition) is 31. The number of phenolic OH excluding ortho intramolecular Hbond substituents is 3. The highest BCUT2D eigenvalue weighted by atomic mass is 35.5. The molecule has 11 bridgehead atoms. The summed E-state index contributed by atoms with van der Waals surface area (Å²) < 4.78 is 50.4. The fraction of sp³-hybridized carbons (Fsp3) is 0.457. The number of fused-ring (bicyclic) bond motifs is 15. The number of carbonyl (C=O) groups excluding carboxylic acids is 8. The average molecular weight is 1880 g/mol. The molecule has 5 unspecified atom stereocenters. The highest BCUT2D eigenvalue weighted by Gasteiger charge is 2.53. The summed E-state index contributed by atoms with van der Waals surface area (Å²) in [6, 6.07) is 22.3. The van der Waals surface area contributed by atoms with Crippen molar-refractivity contribution in [3.63, 3.8) is 0 Å². The molecule has 36 nitrogen and oxygen atoms in total. The number of rotatable bonds is 25. The third-order valence-electron chi connectivity index (χ3n) is 24.8. The van der Waals surface area contributed by atoms with Crippen LogP contribution >= 0.6 is 34.8 Å². The highest BCUT2D eigenvalue weighted by molar-refractivity contribution is 6.32. The Morgan fingerprint density at radius 2 is 1.28 bits per heavy atom. The van der Waals surface area contributed by atoms with Gasteiger partial charge in [-0.25, -0.2) is 0 Å². The maximum Gasteiger partial charge on any atom is 0.295 e. The van der Waals surface area contributed by atoms with E-state index < -0.39 is 281 Å². The van der Waals surface area contributed by atoms with Crippen molar-refractivity contribution in [2.75, 3.05) is 26.4 Å². The van der Waals surface area contributed by atoms with Crippen molar-refractivity contribution in [3.05, 3.63) is 175 Å². The average Bonchev–Trinajstić information content (AvgIpc) is 0.773. The van der Waals surface area contributed by atoms with E-state index in [2.05, 4.69) is 31.9 Å². The molecule has 7 aromatic rings. The summed E-state index contributed by atoms with van der Waals surface area (Å²) in [6.45, 7) is 6.46. The Balaban J connectivity index is 0.961. The van der Waals surface area contributed by atoms with E-state index in [0.29, 0.717) is 11.4 Å². The van der Waals surface area contributed by atoms with Gasteiger partial charge in [0.05, 0.1) is 59.5 Å². The van der Waals surface area contributed by atoms with E-state index in [-0.39, 0.29) is 90.1 Å². The number of nitrogens with two attached hydrogens (primary N) is 1. The van der Waals surface area contributed by atoms with Crippen molar-refractivity contribution in [2.45, 2.75) is 214 Å². The first-order valence-electron chi connectivity index (χ1n) is 42.8. The summed E-state index contributed by atoms with van der Waals surface area (Å²) in [6.07, 6.45) is -28.1. The number of carbonyl (C=O) groups is 8. The lowest BCUT2D eigenvalue weighted by molar-refractivity contribution is -0.300. The van der Waals surface area contributed by atoms with E-state index in [1.54, 1.807) is 32.9 Å². The number of primary amides is 1. The second-order valence-electron chi connectivity index (χ2n) is 34.4. The molecular formula is C92H106Cl3N7O29. The summed E-state index contributed by atoms with van der Waals surface area (Å²) in [7, 11) is 0. The number of phenols is 3. The van der Waals surface area contributed by atoms with E-state index in [0.717, 1.165) is 59.2 Å². The van der Waals surface area contributed by atoms with Crippen molar-refractivity contribution >= 4 is 82.4 Å². The van der Waals surface area contributed by atoms with Crippen molar-refractivity contribution in [1.29, 1.82) is 0 Å². The van der Waals surface area contributed by atoms with Gasteiger partial charge in [-0.15, -0.1) is 0 Å². The Morgan fingerprint density at radius 1 is 0.664 bits per heavy atom. The van der Waals surface area contributed by atoms with Gasteiger partial charge in [0, 0.05) is 72.1 Å². The minimum atomic E-state index is -2.26. The Hall–Kier alpha value is -10.3. The summed E-state index contributed by atoms with van der Waals surface area (Å²) in [4.78, 5) is 120. The van der Waals surface area contributed by atoms with Crippen LogP contribution in [0.2, 0.25) is 15.1 Å². The van der Waals surface area contributed by atoms with Crippen LogP contribution in [0, 0.1) is 23.7 Å². The number of aliphatic hydroxyl groups excluding tert-OH is 10. The zero-order valence-electron chi connectivity index (χ0n) is 71.7. The van der Waals surface area contributed by atoms with Gasteiger partial charge in [-0.2, -0.15) is 0 Å². The number of halogens is 3. The predicted octanol–water partition coefficient (Wildman–Crippen LogP) is 5.29. The first kappa shape index (κ1) is 98.2. The number of amides is 5. The number of aliphatic hydroxyl groups is 10. The molecular weight excluding hydrogens is 1770 g/mol. The Bertz CT molecular complexity index is 5350. The predicted molar refractivity (Wildman–Crippen MR) is 467 cm³/mol. The van der Waals surface area contributed by atoms with Gasteiger partial charge < -0.3 is 142 Å². The molecule has 0 spiro atoms. The van der Waals surface area contributed by atoms with E-state index >= 15 is 24.0 Å². The molecule has 3 fully saturated rings. The van der Waals surface area contributed by atoms with E-state index in [4.69, 9.17) is 78.4 Å². The number of Topliss-reactive ketones (excluding diaryl/α,β-unsaturated/α-hetero) is 2. The second-order valence-corrected chi connectivity index (χ2v) is 35.7. The first-order chi connectivity index (χ1) is 62.4. The number of aromatic hydroxyl groups is 3. The molecule has 1 aliphatic carbocycles. The van der Waals surface area contributed by atoms with E-state index in [1.807, 2.05) is 50.2 Å². The zero-order chi connectivity index (χ0) is 94.5. The maximum absolute atomic E-state index is 16.6. The molecule has 2 saturated heterocycles. The van der Waals surface area contributed by atoms with Gasteiger partial charge in [0.25, 0.3) is 6.47 Å². The Morgan fingerprint density at radius 3 is 1.89 bits per heavy atom. The lowest BCUT2D eigenvalue weighted by Gasteiger charge is -2.48. The lowest BCUT2D eigenvalue weighted by Crippen LogP contribution is -2.64. The first-order valence-corrected chi connectivity index (χ1v) is 43.9. The van der Waals surface area contributed by atoms with Crippen molar-refractivity contribution in [3.8, 4) is 68.2 Å². The molecule has 131 heavy (non-hydrogen) atoms. The lowest BCUT2D eigenvalue weighted by atomic mass is 9.73. The molecule has 8 aliphatic rings. The molecule has 0 radical (unpaired) electrons. The molecule has 5 amide bonds. The maximum atomic E-state index is 16.6. The fourth-order valence-corrected chi connectivity index (χ4v) is 18.1. The molecule has 7 aromatic carbocycles. The number of nitrogens with one attached hydrogen (secondary N) is 6. The van der Waals surface area contributed by atoms with Crippen LogP contribution in [0.3, 0.4) is 0 Å². The molecule has 0 aromatic heterocycles. The number of ketones is 2. The van der Waals surface area contributed by atoms with Gasteiger partial charge in [0.1, 0.15) is 108 Å². The summed E-state index contributed by atoms with van der Waals surface area (Å²) in [5, 5.41) is 167. The van der Waals surface area contributed by atoms with E-state index in [1.165, 1.54) is 30.3 Å². The summed E-state index contributed by atoms with van der Waals surface area (Å²) >= 11 is 20.7. The van der Waals surface area contributed by atoms with Crippen LogP contribution in [0.4, 0.5) is 0 Å². The van der Waals surface area contributed by atoms with Crippen LogP contribution in [-0.2, 0) is 75.1 Å². The van der Waals surface area contributed by atoms with Crippen molar-refractivity contribution in [2.24, 2.45) is 29.4 Å². The highest BCUT2D eigenvalue weighted by Crippen LogP contribution is 2.52. The van der Waals surface area contributed by atoms with Crippen LogP contribution in [-0.4, -0.2) is 232 Å². The molecule has 704 valence electrons. The monoisotopic (exact) mass is 1880 g/mol. The molecule has 1 saturated carbocycles. The quantitative estimate of drug-likeness (QED) is 0.0255. The Kier molecular flexibility index (Phi) is 31.7. The number of ether oxygens (including phenoxy) is 8. The van der Waals surface area contributed by atoms with Gasteiger partial charge in [-0.05, 0) is 150 Å².